The van der Waals surface area contributed by atoms with E-state index in [-0.39, 0.29) is 0 Å². The Labute approximate surface area is 78.5 Å². The van der Waals surface area contributed by atoms with Gasteiger partial charge >= 0.3 is 0 Å². The number of rotatable bonds is 1. The van der Waals surface area contributed by atoms with Gasteiger partial charge in [-0.15, -0.1) is 0 Å². The van der Waals surface area contributed by atoms with Gasteiger partial charge in [-0.1, -0.05) is 12.2 Å². The molecule has 0 aromatic carbocycles. The van der Waals surface area contributed by atoms with E-state index in [0.29, 0.717) is 0 Å². The summed E-state index contributed by atoms with van der Waals surface area (Å²) in [6.07, 6.45) is 11.3. The molecule has 1 saturated carbocycles. The second-order valence-corrected chi connectivity index (χ2v) is 4.17. The van der Waals surface area contributed by atoms with Crippen LogP contribution in [0.3, 0.4) is 0 Å². The van der Waals surface area contributed by atoms with Crippen LogP contribution in [0.5, 0.6) is 0 Å². The lowest BCUT2D eigenvalue weighted by atomic mass is 9.87. The number of pyridine rings is 1. The van der Waals surface area contributed by atoms with Gasteiger partial charge in [0.25, 0.3) is 0 Å². The Bertz CT molecular complexity index is 328. The fourth-order valence-corrected chi connectivity index (χ4v) is 2.77. The normalized spacial score (nSPS) is 35.5. The number of hydrogen-bond donors (Lipinski definition) is 0. The Hall–Kier alpha value is -1.11. The van der Waals surface area contributed by atoms with Crippen LogP contribution in [0.25, 0.3) is 0 Å². The van der Waals surface area contributed by atoms with Crippen LogP contribution < -0.4 is 0 Å². The van der Waals surface area contributed by atoms with Crippen molar-refractivity contribution in [1.82, 2.24) is 4.98 Å². The summed E-state index contributed by atoms with van der Waals surface area (Å²) in [4.78, 5) is 4.06. The summed E-state index contributed by atoms with van der Waals surface area (Å²) in [6.45, 7) is 0. The van der Waals surface area contributed by atoms with Gasteiger partial charge in [-0.05, 0) is 48.3 Å². The van der Waals surface area contributed by atoms with E-state index in [1.54, 1.807) is 0 Å². The first-order valence-electron chi connectivity index (χ1n) is 5.02. The topological polar surface area (TPSA) is 12.9 Å². The third kappa shape index (κ3) is 1.11. The van der Waals surface area contributed by atoms with Gasteiger partial charge in [0.05, 0.1) is 0 Å². The smallest absolute Gasteiger partial charge is 0.0270 e. The molecule has 2 aliphatic rings. The lowest BCUT2D eigenvalue weighted by Crippen LogP contribution is -2.04. The summed E-state index contributed by atoms with van der Waals surface area (Å²) in [5.74, 6) is 2.45. The standard InChI is InChI=1S/C12H13N/c1-2-11-7-9(1)8-12(11)10-3-5-13-6-4-10/h1-6,9,11-12H,7-8H2. The summed E-state index contributed by atoms with van der Waals surface area (Å²) in [5.41, 5.74) is 1.48. The number of aromatic nitrogens is 1. The van der Waals surface area contributed by atoms with Crippen LogP contribution in [-0.4, -0.2) is 4.98 Å². The highest BCUT2D eigenvalue weighted by molar-refractivity contribution is 5.25. The van der Waals surface area contributed by atoms with Crippen LogP contribution in [0.15, 0.2) is 36.7 Å². The highest BCUT2D eigenvalue weighted by Crippen LogP contribution is 2.48. The van der Waals surface area contributed by atoms with E-state index < -0.39 is 0 Å². The van der Waals surface area contributed by atoms with Crippen LogP contribution in [0.1, 0.15) is 24.3 Å². The Morgan fingerprint density at radius 2 is 1.92 bits per heavy atom. The van der Waals surface area contributed by atoms with E-state index in [4.69, 9.17) is 0 Å². The average Bonchev–Trinajstić information content (AvgIpc) is 2.80. The zero-order valence-corrected chi connectivity index (χ0v) is 7.56. The highest BCUT2D eigenvalue weighted by atomic mass is 14.6. The molecule has 1 heteroatoms. The van der Waals surface area contributed by atoms with Crippen molar-refractivity contribution in [1.29, 1.82) is 0 Å². The molecule has 2 aliphatic carbocycles. The third-order valence-electron chi connectivity index (χ3n) is 3.41. The fourth-order valence-electron chi connectivity index (χ4n) is 2.77. The molecule has 1 nitrogen and oxygen atoms in total. The average molecular weight is 171 g/mol. The van der Waals surface area contributed by atoms with Crippen molar-refractivity contribution in [2.45, 2.75) is 18.8 Å². The Balaban J connectivity index is 1.92. The predicted molar refractivity (Wildman–Crippen MR) is 52.3 cm³/mol. The molecule has 3 atom stereocenters. The third-order valence-corrected chi connectivity index (χ3v) is 3.41. The fraction of sp³-hybridized carbons (Fsp3) is 0.417. The number of allylic oxidation sites excluding steroid dienone is 2. The summed E-state index contributed by atoms with van der Waals surface area (Å²) >= 11 is 0. The van der Waals surface area contributed by atoms with E-state index in [1.807, 2.05) is 12.4 Å². The molecule has 3 rings (SSSR count). The maximum Gasteiger partial charge on any atom is 0.0270 e. The molecule has 0 N–H and O–H groups in total. The molecule has 0 radical (unpaired) electrons. The van der Waals surface area contributed by atoms with Gasteiger partial charge in [-0.3, -0.25) is 4.98 Å². The maximum atomic E-state index is 4.06. The van der Waals surface area contributed by atoms with Crippen LogP contribution in [0.4, 0.5) is 0 Å². The van der Waals surface area contributed by atoms with Crippen LogP contribution in [0, 0.1) is 11.8 Å². The number of nitrogens with zero attached hydrogens (tertiary/aromatic N) is 1. The lowest BCUT2D eigenvalue weighted by Gasteiger charge is -2.17. The molecule has 0 spiro atoms. The van der Waals surface area contributed by atoms with Gasteiger partial charge in [0.1, 0.15) is 0 Å². The van der Waals surface area contributed by atoms with Gasteiger partial charge < -0.3 is 0 Å². The molecule has 0 amide bonds. The van der Waals surface area contributed by atoms with Crippen molar-refractivity contribution >= 4 is 0 Å². The molecular weight excluding hydrogens is 158 g/mol. The van der Waals surface area contributed by atoms with Crippen molar-refractivity contribution in [3.63, 3.8) is 0 Å². The summed E-state index contributed by atoms with van der Waals surface area (Å²) < 4.78 is 0. The van der Waals surface area contributed by atoms with Crippen molar-refractivity contribution in [2.24, 2.45) is 11.8 Å². The SMILES string of the molecule is C1=CC2CC1CC2c1ccncc1. The minimum Gasteiger partial charge on any atom is -0.265 e. The maximum absolute atomic E-state index is 4.06. The minimum absolute atomic E-state index is 0.776. The predicted octanol–water partition coefficient (Wildman–Crippen LogP) is 2.76. The lowest BCUT2D eigenvalue weighted by molar-refractivity contribution is 0.585. The van der Waals surface area contributed by atoms with Gasteiger partial charge in [0.15, 0.2) is 0 Å². The largest absolute Gasteiger partial charge is 0.265 e. The quantitative estimate of drug-likeness (QED) is 0.592. The van der Waals surface area contributed by atoms with Crippen molar-refractivity contribution in [3.05, 3.63) is 42.2 Å². The second-order valence-electron chi connectivity index (χ2n) is 4.17. The van der Waals surface area contributed by atoms with Crippen molar-refractivity contribution in [2.75, 3.05) is 0 Å². The molecule has 0 aliphatic heterocycles. The van der Waals surface area contributed by atoms with Crippen LogP contribution >= 0.6 is 0 Å². The molecule has 1 fully saturated rings. The summed E-state index contributed by atoms with van der Waals surface area (Å²) in [6, 6.07) is 4.33. The summed E-state index contributed by atoms with van der Waals surface area (Å²) in [7, 11) is 0. The van der Waals surface area contributed by atoms with E-state index in [0.717, 1.165) is 17.8 Å². The first-order valence-corrected chi connectivity index (χ1v) is 5.02. The van der Waals surface area contributed by atoms with Gasteiger partial charge in [0.2, 0.25) is 0 Å². The Kier molecular flexibility index (Phi) is 1.51. The van der Waals surface area contributed by atoms with E-state index in [1.165, 1.54) is 18.4 Å². The first kappa shape index (κ1) is 7.31. The molecule has 0 saturated heterocycles. The zero-order valence-electron chi connectivity index (χ0n) is 7.56. The van der Waals surface area contributed by atoms with E-state index in [2.05, 4.69) is 29.3 Å². The van der Waals surface area contributed by atoms with Crippen molar-refractivity contribution < 1.29 is 0 Å². The van der Waals surface area contributed by atoms with Crippen LogP contribution in [0.2, 0.25) is 0 Å². The molecule has 1 aromatic rings. The second kappa shape index (κ2) is 2.69. The highest BCUT2D eigenvalue weighted by Gasteiger charge is 2.36. The molecular formula is C12H13N. The van der Waals surface area contributed by atoms with Gasteiger partial charge in [-0.2, -0.15) is 0 Å². The van der Waals surface area contributed by atoms with E-state index in [9.17, 15) is 0 Å². The molecule has 13 heavy (non-hydrogen) atoms. The molecule has 1 heterocycles. The number of fused-ring (bicyclic) bond motifs is 2. The molecule has 3 unspecified atom stereocenters. The zero-order chi connectivity index (χ0) is 8.67. The number of hydrogen-bond acceptors (Lipinski definition) is 1. The Morgan fingerprint density at radius 3 is 2.54 bits per heavy atom. The summed E-state index contributed by atoms with van der Waals surface area (Å²) in [5, 5.41) is 0. The van der Waals surface area contributed by atoms with Crippen molar-refractivity contribution in [3.8, 4) is 0 Å². The van der Waals surface area contributed by atoms with Gasteiger partial charge in [-0.25, -0.2) is 0 Å². The molecule has 2 bridgehead atoms. The van der Waals surface area contributed by atoms with Crippen LogP contribution in [-0.2, 0) is 0 Å². The monoisotopic (exact) mass is 171 g/mol. The molecule has 1 aromatic heterocycles. The van der Waals surface area contributed by atoms with E-state index >= 15 is 0 Å². The molecule has 66 valence electrons. The Morgan fingerprint density at radius 1 is 1.08 bits per heavy atom. The van der Waals surface area contributed by atoms with Gasteiger partial charge in [0, 0.05) is 12.4 Å². The first-order chi connectivity index (χ1) is 6.43. The minimum atomic E-state index is 0.776.